The van der Waals surface area contributed by atoms with E-state index in [4.69, 9.17) is 5.11 Å². The summed E-state index contributed by atoms with van der Waals surface area (Å²) in [5, 5.41) is 9.04. The second-order valence-electron chi connectivity index (χ2n) is 4.90. The van der Waals surface area contributed by atoms with Crippen molar-refractivity contribution in [1.29, 1.82) is 0 Å². The van der Waals surface area contributed by atoms with Crippen LogP contribution in [0.15, 0.2) is 0 Å². The Balaban J connectivity index is 2.56. The summed E-state index contributed by atoms with van der Waals surface area (Å²) in [7, 11) is 0. The third-order valence-corrected chi connectivity index (χ3v) is 3.19. The van der Waals surface area contributed by atoms with Gasteiger partial charge < -0.3 is 10.0 Å². The highest BCUT2D eigenvalue weighted by Gasteiger charge is 2.39. The monoisotopic (exact) mass is 267 g/mol. The number of carbonyl (C=O) groups excluding carboxylic acids is 1. The third kappa shape index (κ3) is 3.89. The molecule has 1 aliphatic rings. The zero-order valence-corrected chi connectivity index (χ0v) is 10.1. The van der Waals surface area contributed by atoms with Gasteiger partial charge in [-0.1, -0.05) is 0 Å². The van der Waals surface area contributed by atoms with Crippen molar-refractivity contribution >= 4 is 11.9 Å². The van der Waals surface area contributed by atoms with Gasteiger partial charge in [-0.05, 0) is 19.8 Å². The predicted molar refractivity (Wildman–Crippen MR) is 56.8 cm³/mol. The first-order valence-corrected chi connectivity index (χ1v) is 5.72. The van der Waals surface area contributed by atoms with Gasteiger partial charge in [0.15, 0.2) is 0 Å². The maximum atomic E-state index is 12.0. The number of piperidine rings is 1. The lowest BCUT2D eigenvalue weighted by atomic mass is 9.82. The van der Waals surface area contributed by atoms with Gasteiger partial charge in [0, 0.05) is 19.5 Å². The SMILES string of the molecule is CC1(C(=O)O)CCCN(C(=O)CCC(F)(F)F)C1. The number of amides is 1. The van der Waals surface area contributed by atoms with Crippen LogP contribution in [0.5, 0.6) is 0 Å². The molecule has 104 valence electrons. The van der Waals surface area contributed by atoms with Crippen molar-refractivity contribution in [1.82, 2.24) is 4.90 Å². The summed E-state index contributed by atoms with van der Waals surface area (Å²) in [6, 6.07) is 0. The molecule has 0 radical (unpaired) electrons. The van der Waals surface area contributed by atoms with Crippen LogP contribution < -0.4 is 0 Å². The lowest BCUT2D eigenvalue weighted by Crippen LogP contribution is -2.48. The van der Waals surface area contributed by atoms with Crippen LogP contribution in [0.3, 0.4) is 0 Å². The third-order valence-electron chi connectivity index (χ3n) is 3.19. The van der Waals surface area contributed by atoms with Gasteiger partial charge in [-0.25, -0.2) is 0 Å². The average molecular weight is 267 g/mol. The van der Waals surface area contributed by atoms with E-state index >= 15 is 0 Å². The number of carboxylic acids is 1. The molecule has 1 heterocycles. The molecule has 7 heteroatoms. The van der Waals surface area contributed by atoms with Crippen LogP contribution in [0.2, 0.25) is 0 Å². The Kier molecular flexibility index (Phi) is 4.24. The second-order valence-corrected chi connectivity index (χ2v) is 4.90. The molecule has 0 spiro atoms. The normalized spacial score (nSPS) is 25.0. The average Bonchev–Trinajstić information content (AvgIpc) is 2.24. The van der Waals surface area contributed by atoms with Crippen molar-refractivity contribution in [2.24, 2.45) is 5.41 Å². The summed E-state index contributed by atoms with van der Waals surface area (Å²) in [6.45, 7) is 1.83. The number of carbonyl (C=O) groups is 2. The fraction of sp³-hybridized carbons (Fsp3) is 0.818. The molecule has 1 atom stereocenters. The molecular formula is C11H16F3NO3. The predicted octanol–water partition coefficient (Wildman–Crippen LogP) is 2.04. The summed E-state index contributed by atoms with van der Waals surface area (Å²) >= 11 is 0. The Bertz CT molecular complexity index is 343. The number of carboxylic acid groups (broad SMARTS) is 1. The minimum Gasteiger partial charge on any atom is -0.481 e. The summed E-state index contributed by atoms with van der Waals surface area (Å²) in [6.07, 6.45) is -5.20. The zero-order chi connectivity index (χ0) is 14.0. The molecule has 1 saturated heterocycles. The standard InChI is InChI=1S/C11H16F3NO3/c1-10(9(17)18)4-2-6-15(7-10)8(16)3-5-11(12,13)14/h2-7H2,1H3,(H,17,18). The highest BCUT2D eigenvalue weighted by atomic mass is 19.4. The lowest BCUT2D eigenvalue weighted by Gasteiger charge is -2.37. The number of rotatable bonds is 3. The Morgan fingerprint density at radius 3 is 2.50 bits per heavy atom. The quantitative estimate of drug-likeness (QED) is 0.851. The fourth-order valence-electron chi connectivity index (χ4n) is 2.03. The van der Waals surface area contributed by atoms with Gasteiger partial charge in [-0.3, -0.25) is 9.59 Å². The molecule has 0 aliphatic carbocycles. The van der Waals surface area contributed by atoms with Gasteiger partial charge in [0.05, 0.1) is 11.8 Å². The van der Waals surface area contributed by atoms with E-state index in [-0.39, 0.29) is 6.54 Å². The fourth-order valence-corrected chi connectivity index (χ4v) is 2.03. The Morgan fingerprint density at radius 1 is 1.39 bits per heavy atom. The van der Waals surface area contributed by atoms with Crippen LogP contribution in [0.4, 0.5) is 13.2 Å². The van der Waals surface area contributed by atoms with Gasteiger partial charge in [-0.2, -0.15) is 13.2 Å². The molecule has 0 aromatic rings. The van der Waals surface area contributed by atoms with Gasteiger partial charge >= 0.3 is 12.1 Å². The number of nitrogens with zero attached hydrogens (tertiary/aromatic N) is 1. The van der Waals surface area contributed by atoms with Gasteiger partial charge in [0.2, 0.25) is 5.91 Å². The molecule has 0 aromatic carbocycles. The van der Waals surface area contributed by atoms with Crippen LogP contribution in [-0.2, 0) is 9.59 Å². The number of halogens is 3. The molecule has 1 N–H and O–H groups in total. The summed E-state index contributed by atoms with van der Waals surface area (Å²) in [5.41, 5.74) is -1.05. The van der Waals surface area contributed by atoms with Crippen molar-refractivity contribution in [2.45, 2.75) is 38.8 Å². The largest absolute Gasteiger partial charge is 0.481 e. The first kappa shape index (κ1) is 14.8. The second kappa shape index (κ2) is 5.16. The number of likely N-dealkylation sites (tertiary alicyclic amines) is 1. The van der Waals surface area contributed by atoms with Crippen LogP contribution in [0.1, 0.15) is 32.6 Å². The zero-order valence-electron chi connectivity index (χ0n) is 10.1. The van der Waals surface area contributed by atoms with Crippen molar-refractivity contribution in [3.05, 3.63) is 0 Å². The van der Waals surface area contributed by atoms with Crippen LogP contribution in [-0.4, -0.2) is 41.1 Å². The molecule has 4 nitrogen and oxygen atoms in total. The Morgan fingerprint density at radius 2 is 2.00 bits per heavy atom. The molecule has 1 unspecified atom stereocenters. The highest BCUT2D eigenvalue weighted by molar-refractivity contribution is 5.79. The molecule has 1 fully saturated rings. The molecule has 0 bridgehead atoms. The summed E-state index contributed by atoms with van der Waals surface area (Å²) in [4.78, 5) is 23.9. The van der Waals surface area contributed by atoms with Gasteiger partial charge in [0.25, 0.3) is 0 Å². The molecule has 1 rings (SSSR count). The van der Waals surface area contributed by atoms with Crippen LogP contribution in [0.25, 0.3) is 0 Å². The van der Waals surface area contributed by atoms with Crippen molar-refractivity contribution in [3.63, 3.8) is 0 Å². The molecule has 0 saturated carbocycles. The number of hydrogen-bond acceptors (Lipinski definition) is 2. The number of hydrogen-bond donors (Lipinski definition) is 1. The first-order valence-electron chi connectivity index (χ1n) is 5.72. The van der Waals surface area contributed by atoms with Crippen LogP contribution >= 0.6 is 0 Å². The maximum absolute atomic E-state index is 12.0. The summed E-state index contributed by atoms with van der Waals surface area (Å²) < 4.78 is 36.0. The topological polar surface area (TPSA) is 57.6 Å². The minimum absolute atomic E-state index is 0.0149. The van der Waals surface area contributed by atoms with E-state index in [1.807, 2.05) is 0 Å². The highest BCUT2D eigenvalue weighted by Crippen LogP contribution is 2.30. The smallest absolute Gasteiger partial charge is 0.389 e. The molecule has 0 aromatic heterocycles. The van der Waals surface area contributed by atoms with Crippen molar-refractivity contribution in [3.8, 4) is 0 Å². The maximum Gasteiger partial charge on any atom is 0.389 e. The van der Waals surface area contributed by atoms with E-state index in [0.29, 0.717) is 19.4 Å². The van der Waals surface area contributed by atoms with E-state index in [0.717, 1.165) is 0 Å². The van der Waals surface area contributed by atoms with Crippen molar-refractivity contribution in [2.75, 3.05) is 13.1 Å². The first-order chi connectivity index (χ1) is 8.14. The summed E-state index contributed by atoms with van der Waals surface area (Å²) in [5.74, 6) is -1.64. The van der Waals surface area contributed by atoms with E-state index in [1.165, 1.54) is 11.8 Å². The van der Waals surface area contributed by atoms with E-state index < -0.39 is 36.3 Å². The Labute approximate surface area is 103 Å². The van der Waals surface area contributed by atoms with E-state index in [2.05, 4.69) is 0 Å². The minimum atomic E-state index is -4.36. The molecular weight excluding hydrogens is 251 g/mol. The van der Waals surface area contributed by atoms with Crippen molar-refractivity contribution < 1.29 is 27.9 Å². The lowest BCUT2D eigenvalue weighted by molar-refractivity contribution is -0.157. The molecule has 1 aliphatic heterocycles. The van der Waals surface area contributed by atoms with Gasteiger partial charge in [0.1, 0.15) is 0 Å². The molecule has 1 amide bonds. The number of aliphatic carboxylic acids is 1. The number of alkyl halides is 3. The van der Waals surface area contributed by atoms with E-state index in [1.54, 1.807) is 0 Å². The van der Waals surface area contributed by atoms with Crippen LogP contribution in [0, 0.1) is 5.41 Å². The molecule has 18 heavy (non-hydrogen) atoms. The van der Waals surface area contributed by atoms with Gasteiger partial charge in [-0.15, -0.1) is 0 Å². The Hall–Kier alpha value is -1.27. The van der Waals surface area contributed by atoms with E-state index in [9.17, 15) is 22.8 Å².